The van der Waals surface area contributed by atoms with Crippen LogP contribution >= 0.6 is 0 Å². The summed E-state index contributed by atoms with van der Waals surface area (Å²) in [6, 6.07) is 19.8. The van der Waals surface area contributed by atoms with Gasteiger partial charge in [-0.1, -0.05) is 42.5 Å². The zero-order valence-electron chi connectivity index (χ0n) is 15.6. The Morgan fingerprint density at radius 1 is 0.931 bits per heavy atom. The molecular weight excluding hydrogens is 373 g/mol. The first kappa shape index (κ1) is 20.1. The van der Waals surface area contributed by atoms with Gasteiger partial charge >= 0.3 is 5.97 Å². The van der Waals surface area contributed by atoms with Crippen LogP contribution in [0.2, 0.25) is 0 Å². The van der Waals surface area contributed by atoms with Crippen molar-refractivity contribution in [3.63, 3.8) is 0 Å². The monoisotopic (exact) mass is 393 g/mol. The van der Waals surface area contributed by atoms with Crippen LogP contribution in [0.4, 0.5) is 4.39 Å². The average molecular weight is 393 g/mol. The summed E-state index contributed by atoms with van der Waals surface area (Å²) in [7, 11) is 0. The summed E-state index contributed by atoms with van der Waals surface area (Å²) in [5, 5.41) is 11.6. The summed E-state index contributed by atoms with van der Waals surface area (Å²) in [4.78, 5) is 23.4. The van der Waals surface area contributed by atoms with Gasteiger partial charge in [0, 0.05) is 13.0 Å². The van der Waals surface area contributed by atoms with Crippen molar-refractivity contribution in [1.29, 1.82) is 0 Å². The second kappa shape index (κ2) is 9.50. The zero-order valence-corrected chi connectivity index (χ0v) is 15.6. The number of benzene rings is 3. The fourth-order valence-corrected chi connectivity index (χ4v) is 2.77. The Morgan fingerprint density at radius 2 is 1.66 bits per heavy atom. The number of carbonyl (C=O) groups is 2. The van der Waals surface area contributed by atoms with E-state index in [1.165, 1.54) is 24.3 Å². The molecule has 5 nitrogen and oxygen atoms in total. The lowest BCUT2D eigenvalue weighted by Crippen LogP contribution is -2.24. The van der Waals surface area contributed by atoms with Crippen molar-refractivity contribution in [2.24, 2.45) is 0 Å². The fourth-order valence-electron chi connectivity index (χ4n) is 2.77. The first-order valence-electron chi connectivity index (χ1n) is 9.09. The Kier molecular flexibility index (Phi) is 6.58. The van der Waals surface area contributed by atoms with Gasteiger partial charge in [-0.3, -0.25) is 4.79 Å². The molecule has 0 spiro atoms. The van der Waals surface area contributed by atoms with Crippen LogP contribution in [0.25, 0.3) is 0 Å². The highest BCUT2D eigenvalue weighted by atomic mass is 19.1. The molecule has 0 radical (unpaired) electrons. The summed E-state index contributed by atoms with van der Waals surface area (Å²) in [5.41, 5.74) is 2.11. The third-order valence-corrected chi connectivity index (χ3v) is 4.33. The molecule has 3 aromatic carbocycles. The highest BCUT2D eigenvalue weighted by Gasteiger charge is 2.14. The molecule has 0 atom stereocenters. The number of carboxylic acids is 1. The minimum absolute atomic E-state index is 0.111. The number of rotatable bonds is 8. The van der Waals surface area contributed by atoms with Crippen LogP contribution in [0, 0.1) is 5.82 Å². The summed E-state index contributed by atoms with van der Waals surface area (Å²) in [5.74, 6) is -1.71. The van der Waals surface area contributed by atoms with Gasteiger partial charge in [0.25, 0.3) is 5.91 Å². The maximum absolute atomic E-state index is 13.7. The average Bonchev–Trinajstić information content (AvgIpc) is 2.74. The van der Waals surface area contributed by atoms with E-state index in [1.807, 2.05) is 30.3 Å². The van der Waals surface area contributed by atoms with E-state index in [-0.39, 0.29) is 17.7 Å². The molecule has 0 aromatic heterocycles. The number of carbonyl (C=O) groups excluding carboxylic acids is 1. The Hall–Kier alpha value is -3.67. The van der Waals surface area contributed by atoms with Crippen molar-refractivity contribution in [3.05, 3.63) is 101 Å². The Morgan fingerprint density at radius 3 is 2.34 bits per heavy atom. The maximum Gasteiger partial charge on any atom is 0.335 e. The Balaban J connectivity index is 1.62. The van der Waals surface area contributed by atoms with Crippen molar-refractivity contribution in [1.82, 2.24) is 5.32 Å². The number of carboxylic acid groups (broad SMARTS) is 1. The second-order valence-electron chi connectivity index (χ2n) is 6.41. The Labute approximate surface area is 167 Å². The van der Waals surface area contributed by atoms with Gasteiger partial charge in [-0.15, -0.1) is 0 Å². The predicted octanol–water partition coefficient (Wildman–Crippen LogP) is 4.08. The van der Waals surface area contributed by atoms with Crippen LogP contribution in [0.3, 0.4) is 0 Å². The minimum Gasteiger partial charge on any atom is -0.492 e. The van der Waals surface area contributed by atoms with E-state index >= 15 is 0 Å². The van der Waals surface area contributed by atoms with Gasteiger partial charge < -0.3 is 15.2 Å². The molecule has 6 heteroatoms. The molecule has 0 heterocycles. The second-order valence-corrected chi connectivity index (χ2v) is 6.41. The molecule has 1 amide bonds. The lowest BCUT2D eigenvalue weighted by Gasteiger charge is -2.12. The number of ether oxygens (including phenoxy) is 1. The molecule has 148 valence electrons. The van der Waals surface area contributed by atoms with Crippen molar-refractivity contribution in [2.75, 3.05) is 6.61 Å². The molecule has 29 heavy (non-hydrogen) atoms. The van der Waals surface area contributed by atoms with Gasteiger partial charge in [0.2, 0.25) is 0 Å². The summed E-state index contributed by atoms with van der Waals surface area (Å²) < 4.78 is 19.4. The molecule has 0 aliphatic carbocycles. The number of hydrogen-bond acceptors (Lipinski definition) is 3. The maximum atomic E-state index is 13.7. The van der Waals surface area contributed by atoms with Gasteiger partial charge in [-0.05, 0) is 41.5 Å². The molecule has 0 saturated carbocycles. The normalized spacial score (nSPS) is 10.4. The topological polar surface area (TPSA) is 75.6 Å². The highest BCUT2D eigenvalue weighted by Crippen LogP contribution is 2.20. The van der Waals surface area contributed by atoms with E-state index in [2.05, 4.69) is 5.32 Å². The van der Waals surface area contributed by atoms with E-state index in [0.717, 1.165) is 17.2 Å². The molecule has 3 aromatic rings. The van der Waals surface area contributed by atoms with Crippen LogP contribution in [0.5, 0.6) is 5.75 Å². The van der Waals surface area contributed by atoms with E-state index < -0.39 is 17.7 Å². The van der Waals surface area contributed by atoms with Gasteiger partial charge in [0.05, 0.1) is 17.7 Å². The standard InChI is InChI=1S/C23H20FNO4/c24-19-10-11-21(29-13-12-16-4-2-1-3-5-16)20(14-19)22(26)25-15-17-6-8-18(9-7-17)23(27)28/h1-11,14H,12-13,15H2,(H,25,26)(H,27,28). The third kappa shape index (κ3) is 5.65. The number of hydrogen-bond donors (Lipinski definition) is 2. The predicted molar refractivity (Wildman–Crippen MR) is 107 cm³/mol. The smallest absolute Gasteiger partial charge is 0.335 e. The first-order chi connectivity index (χ1) is 14.0. The number of aromatic carboxylic acids is 1. The van der Waals surface area contributed by atoms with Gasteiger partial charge in [-0.25, -0.2) is 9.18 Å². The van der Waals surface area contributed by atoms with Crippen LogP contribution < -0.4 is 10.1 Å². The molecule has 0 bridgehead atoms. The van der Waals surface area contributed by atoms with Crippen molar-refractivity contribution < 1.29 is 23.8 Å². The first-order valence-corrected chi connectivity index (χ1v) is 9.09. The largest absolute Gasteiger partial charge is 0.492 e. The lowest BCUT2D eigenvalue weighted by atomic mass is 10.1. The molecular formula is C23H20FNO4. The highest BCUT2D eigenvalue weighted by molar-refractivity contribution is 5.97. The summed E-state index contributed by atoms with van der Waals surface area (Å²) >= 11 is 0. The van der Waals surface area contributed by atoms with Crippen molar-refractivity contribution >= 4 is 11.9 Å². The van der Waals surface area contributed by atoms with Crippen molar-refractivity contribution in [3.8, 4) is 5.75 Å². The van der Waals surface area contributed by atoms with Crippen LogP contribution in [0.15, 0.2) is 72.8 Å². The van der Waals surface area contributed by atoms with E-state index in [0.29, 0.717) is 18.8 Å². The SMILES string of the molecule is O=C(O)c1ccc(CNC(=O)c2cc(F)ccc2OCCc2ccccc2)cc1. The molecule has 0 fully saturated rings. The van der Waals surface area contributed by atoms with E-state index in [9.17, 15) is 14.0 Å². The summed E-state index contributed by atoms with van der Waals surface area (Å²) in [6.45, 7) is 0.533. The molecule has 0 aliphatic rings. The molecule has 0 saturated heterocycles. The van der Waals surface area contributed by atoms with Crippen LogP contribution in [-0.2, 0) is 13.0 Å². The lowest BCUT2D eigenvalue weighted by molar-refractivity contribution is 0.0696. The Bertz CT molecular complexity index is 988. The van der Waals surface area contributed by atoms with Gasteiger partial charge in [0.15, 0.2) is 0 Å². The number of nitrogens with one attached hydrogen (secondary N) is 1. The third-order valence-electron chi connectivity index (χ3n) is 4.33. The summed E-state index contributed by atoms with van der Waals surface area (Å²) in [6.07, 6.45) is 0.662. The molecule has 3 rings (SSSR count). The molecule has 2 N–H and O–H groups in total. The molecule has 0 unspecified atom stereocenters. The zero-order chi connectivity index (χ0) is 20.6. The van der Waals surface area contributed by atoms with E-state index in [1.54, 1.807) is 12.1 Å². The van der Waals surface area contributed by atoms with Crippen molar-refractivity contribution in [2.45, 2.75) is 13.0 Å². The van der Waals surface area contributed by atoms with Gasteiger partial charge in [0.1, 0.15) is 11.6 Å². The fraction of sp³-hybridized carbons (Fsp3) is 0.130. The van der Waals surface area contributed by atoms with Crippen LogP contribution in [-0.4, -0.2) is 23.6 Å². The quantitative estimate of drug-likeness (QED) is 0.605. The van der Waals surface area contributed by atoms with Crippen LogP contribution in [0.1, 0.15) is 31.8 Å². The van der Waals surface area contributed by atoms with Gasteiger partial charge in [-0.2, -0.15) is 0 Å². The van der Waals surface area contributed by atoms with E-state index in [4.69, 9.17) is 9.84 Å². The molecule has 0 aliphatic heterocycles. The minimum atomic E-state index is -1.02. The number of halogens is 1. The number of amides is 1.